The molecule has 2 aliphatic rings. The van der Waals surface area contributed by atoms with Crippen LogP contribution < -0.4 is 4.74 Å². The molecule has 33 heavy (non-hydrogen) atoms. The van der Waals surface area contributed by atoms with Crippen molar-refractivity contribution < 1.29 is 14.3 Å². The average molecular weight is 446 g/mol. The molecular formula is C27H31N3O3. The Labute approximate surface area is 194 Å². The molecule has 2 aromatic carbocycles. The van der Waals surface area contributed by atoms with Crippen molar-refractivity contribution in [1.82, 2.24) is 14.8 Å². The van der Waals surface area contributed by atoms with Gasteiger partial charge in [-0.15, -0.1) is 0 Å². The molecule has 3 heterocycles. The van der Waals surface area contributed by atoms with Crippen molar-refractivity contribution in [1.29, 1.82) is 0 Å². The number of ether oxygens (including phenoxy) is 1. The van der Waals surface area contributed by atoms with Crippen molar-refractivity contribution in [3.05, 3.63) is 65.9 Å². The van der Waals surface area contributed by atoms with E-state index in [9.17, 15) is 9.59 Å². The lowest BCUT2D eigenvalue weighted by Crippen LogP contribution is -2.42. The first-order valence-corrected chi connectivity index (χ1v) is 11.9. The molecule has 172 valence electrons. The smallest absolute Gasteiger partial charge is 0.227 e. The van der Waals surface area contributed by atoms with Gasteiger partial charge in [0.25, 0.3) is 0 Å². The Morgan fingerprint density at radius 2 is 1.91 bits per heavy atom. The normalized spacial score (nSPS) is 19.4. The molecule has 1 aromatic heterocycles. The number of nitrogens with zero attached hydrogens (tertiary/aromatic N) is 2. The summed E-state index contributed by atoms with van der Waals surface area (Å²) in [4.78, 5) is 32.9. The van der Waals surface area contributed by atoms with Gasteiger partial charge in [-0.2, -0.15) is 0 Å². The van der Waals surface area contributed by atoms with Gasteiger partial charge in [-0.3, -0.25) is 9.59 Å². The van der Waals surface area contributed by atoms with Gasteiger partial charge < -0.3 is 19.5 Å². The van der Waals surface area contributed by atoms with Gasteiger partial charge in [-0.1, -0.05) is 30.3 Å². The van der Waals surface area contributed by atoms with Crippen LogP contribution in [-0.2, 0) is 16.0 Å². The lowest BCUT2D eigenvalue weighted by Gasteiger charge is -2.33. The molecule has 1 N–H and O–H groups in total. The molecule has 0 bridgehead atoms. The fourth-order valence-electron chi connectivity index (χ4n) is 5.32. The van der Waals surface area contributed by atoms with Crippen LogP contribution >= 0.6 is 0 Å². The number of nitrogens with one attached hydrogen (secondary N) is 1. The van der Waals surface area contributed by atoms with Crippen LogP contribution in [0.2, 0.25) is 0 Å². The average Bonchev–Trinajstić information content (AvgIpc) is 3.46. The summed E-state index contributed by atoms with van der Waals surface area (Å²) in [5, 5.41) is 1.20. The number of hydrogen-bond donors (Lipinski definition) is 1. The maximum Gasteiger partial charge on any atom is 0.227 e. The first kappa shape index (κ1) is 21.6. The largest absolute Gasteiger partial charge is 0.497 e. The molecule has 6 nitrogen and oxygen atoms in total. The SMILES string of the molecule is COc1ccc2[nH]cc(C3CCN(C(=O)C4CC(=O)N(CCc5ccccc5)C4)CC3)c2c1. The van der Waals surface area contributed by atoms with Crippen LogP contribution in [0.25, 0.3) is 10.9 Å². The summed E-state index contributed by atoms with van der Waals surface area (Å²) in [5.74, 6) is 1.32. The van der Waals surface area contributed by atoms with E-state index in [1.807, 2.05) is 34.1 Å². The first-order valence-electron chi connectivity index (χ1n) is 11.9. The molecule has 5 rings (SSSR count). The zero-order valence-electron chi connectivity index (χ0n) is 19.1. The molecule has 0 saturated carbocycles. The Balaban J connectivity index is 1.17. The number of rotatable bonds is 6. The lowest BCUT2D eigenvalue weighted by atomic mass is 9.88. The second kappa shape index (κ2) is 9.30. The monoisotopic (exact) mass is 445 g/mol. The molecule has 1 unspecified atom stereocenters. The third kappa shape index (κ3) is 4.47. The number of carbonyl (C=O) groups is 2. The van der Waals surface area contributed by atoms with E-state index in [0.717, 1.165) is 43.6 Å². The predicted molar refractivity (Wildman–Crippen MR) is 128 cm³/mol. The number of benzene rings is 2. The Morgan fingerprint density at radius 3 is 2.67 bits per heavy atom. The fraction of sp³-hybridized carbons (Fsp3) is 0.407. The number of likely N-dealkylation sites (tertiary alicyclic amines) is 2. The molecule has 0 aliphatic carbocycles. The standard InChI is InChI=1S/C27H31N3O3/c1-33-22-7-8-25-23(16-22)24(17-28-25)20-10-13-29(14-11-20)27(32)21-15-26(31)30(18-21)12-9-19-5-3-2-4-6-19/h2-8,16-17,20-21,28H,9-15,18H2,1H3. The zero-order chi connectivity index (χ0) is 22.8. The van der Waals surface area contributed by atoms with Crippen molar-refractivity contribution in [3.8, 4) is 5.75 Å². The molecule has 0 radical (unpaired) electrons. The van der Waals surface area contributed by atoms with E-state index in [-0.39, 0.29) is 17.7 Å². The second-order valence-electron chi connectivity index (χ2n) is 9.23. The summed E-state index contributed by atoms with van der Waals surface area (Å²) in [7, 11) is 1.69. The summed E-state index contributed by atoms with van der Waals surface area (Å²) in [6, 6.07) is 16.3. The molecule has 2 aliphatic heterocycles. The third-order valence-electron chi connectivity index (χ3n) is 7.24. The quantitative estimate of drug-likeness (QED) is 0.624. The summed E-state index contributed by atoms with van der Waals surface area (Å²) in [5.41, 5.74) is 3.64. The topological polar surface area (TPSA) is 65.6 Å². The summed E-state index contributed by atoms with van der Waals surface area (Å²) >= 11 is 0. The first-order chi connectivity index (χ1) is 16.1. The van der Waals surface area contributed by atoms with Gasteiger partial charge in [0.15, 0.2) is 0 Å². The molecule has 1 atom stereocenters. The Hall–Kier alpha value is -3.28. The van der Waals surface area contributed by atoms with Gasteiger partial charge >= 0.3 is 0 Å². The third-order valence-corrected chi connectivity index (χ3v) is 7.24. The highest BCUT2D eigenvalue weighted by atomic mass is 16.5. The number of piperidine rings is 1. The van der Waals surface area contributed by atoms with Crippen LogP contribution in [0.15, 0.2) is 54.7 Å². The maximum atomic E-state index is 13.2. The second-order valence-corrected chi connectivity index (χ2v) is 9.23. The molecule has 0 spiro atoms. The Morgan fingerprint density at radius 1 is 1.12 bits per heavy atom. The highest BCUT2D eigenvalue weighted by Crippen LogP contribution is 2.35. The zero-order valence-corrected chi connectivity index (χ0v) is 19.1. The molecule has 2 fully saturated rings. The van der Waals surface area contributed by atoms with Crippen LogP contribution in [-0.4, -0.2) is 59.9 Å². The Bertz CT molecular complexity index is 1130. The van der Waals surface area contributed by atoms with Crippen LogP contribution in [0.1, 0.15) is 36.3 Å². The van der Waals surface area contributed by atoms with E-state index in [0.29, 0.717) is 25.4 Å². The minimum atomic E-state index is -0.206. The summed E-state index contributed by atoms with van der Waals surface area (Å²) in [6.45, 7) is 2.72. The molecule has 2 saturated heterocycles. The summed E-state index contributed by atoms with van der Waals surface area (Å²) < 4.78 is 5.40. The highest BCUT2D eigenvalue weighted by Gasteiger charge is 2.37. The van der Waals surface area contributed by atoms with E-state index in [2.05, 4.69) is 35.4 Å². The maximum absolute atomic E-state index is 13.2. The minimum absolute atomic E-state index is 0.104. The number of fused-ring (bicyclic) bond motifs is 1. The van der Waals surface area contributed by atoms with Crippen molar-refractivity contribution in [3.63, 3.8) is 0 Å². The highest BCUT2D eigenvalue weighted by molar-refractivity contribution is 5.89. The predicted octanol–water partition coefficient (Wildman–Crippen LogP) is 3.97. The van der Waals surface area contributed by atoms with E-state index in [4.69, 9.17) is 4.74 Å². The molecular weight excluding hydrogens is 414 g/mol. The van der Waals surface area contributed by atoms with E-state index in [1.54, 1.807) is 7.11 Å². The van der Waals surface area contributed by atoms with Crippen LogP contribution in [0.4, 0.5) is 0 Å². The molecule has 6 heteroatoms. The van der Waals surface area contributed by atoms with Gasteiger partial charge in [-0.25, -0.2) is 0 Å². The van der Waals surface area contributed by atoms with E-state index >= 15 is 0 Å². The van der Waals surface area contributed by atoms with Gasteiger partial charge in [-0.05, 0) is 54.5 Å². The number of hydrogen-bond acceptors (Lipinski definition) is 3. The molecule has 3 aromatic rings. The number of amides is 2. The fourth-order valence-corrected chi connectivity index (χ4v) is 5.32. The van der Waals surface area contributed by atoms with Gasteiger partial charge in [0.1, 0.15) is 5.75 Å². The van der Waals surface area contributed by atoms with Gasteiger partial charge in [0, 0.05) is 49.7 Å². The van der Waals surface area contributed by atoms with Crippen LogP contribution in [0, 0.1) is 5.92 Å². The number of aromatic nitrogens is 1. The summed E-state index contributed by atoms with van der Waals surface area (Å²) in [6.07, 6.45) is 5.15. The van der Waals surface area contributed by atoms with Crippen molar-refractivity contribution >= 4 is 22.7 Å². The van der Waals surface area contributed by atoms with Gasteiger partial charge in [0.2, 0.25) is 11.8 Å². The lowest BCUT2D eigenvalue weighted by molar-refractivity contribution is -0.136. The van der Waals surface area contributed by atoms with Crippen LogP contribution in [0.5, 0.6) is 5.75 Å². The Kier molecular flexibility index (Phi) is 6.07. The number of aromatic amines is 1. The molecule has 2 amide bonds. The van der Waals surface area contributed by atoms with E-state index < -0.39 is 0 Å². The number of methoxy groups -OCH3 is 1. The van der Waals surface area contributed by atoms with E-state index in [1.165, 1.54) is 16.5 Å². The minimum Gasteiger partial charge on any atom is -0.497 e. The number of carbonyl (C=O) groups excluding carboxylic acids is 2. The van der Waals surface area contributed by atoms with Crippen LogP contribution in [0.3, 0.4) is 0 Å². The van der Waals surface area contributed by atoms with Crippen molar-refractivity contribution in [2.75, 3.05) is 33.3 Å². The van der Waals surface area contributed by atoms with Crippen molar-refractivity contribution in [2.24, 2.45) is 5.92 Å². The van der Waals surface area contributed by atoms with Gasteiger partial charge in [0.05, 0.1) is 13.0 Å². The van der Waals surface area contributed by atoms with Crippen molar-refractivity contribution in [2.45, 2.75) is 31.6 Å². The number of H-pyrrole nitrogens is 1.